The summed E-state index contributed by atoms with van der Waals surface area (Å²) < 4.78 is 7.23. The minimum atomic E-state index is -0.897. The van der Waals surface area contributed by atoms with Gasteiger partial charge in [-0.25, -0.2) is 0 Å². The Morgan fingerprint density at radius 3 is 2.80 bits per heavy atom. The van der Waals surface area contributed by atoms with Crippen LogP contribution in [0.5, 0.6) is 5.75 Å². The van der Waals surface area contributed by atoms with Crippen LogP contribution in [0.1, 0.15) is 30.2 Å². The smallest absolute Gasteiger partial charge is 0.162 e. The Bertz CT molecular complexity index is 599. The van der Waals surface area contributed by atoms with Crippen LogP contribution in [-0.2, 0) is 25.0 Å². The first-order chi connectivity index (χ1) is 9.68. The Morgan fingerprint density at radius 1 is 1.35 bits per heavy atom. The van der Waals surface area contributed by atoms with Crippen molar-refractivity contribution < 1.29 is 9.84 Å². The number of benzene rings is 1. The van der Waals surface area contributed by atoms with Crippen molar-refractivity contribution in [3.8, 4) is 5.75 Å². The molecule has 1 aromatic carbocycles. The fourth-order valence-corrected chi connectivity index (χ4v) is 3.15. The molecule has 1 N–H and O–H groups in total. The van der Waals surface area contributed by atoms with Crippen LogP contribution in [0.3, 0.4) is 0 Å². The average molecular weight is 272 g/mol. The van der Waals surface area contributed by atoms with Gasteiger partial charge in [0.05, 0.1) is 13.3 Å². The van der Waals surface area contributed by atoms with Gasteiger partial charge in [-0.05, 0) is 30.9 Å². The first-order valence-corrected chi connectivity index (χ1v) is 7.07. The lowest BCUT2D eigenvalue weighted by atomic mass is 9.78. The highest BCUT2D eigenvalue weighted by molar-refractivity contribution is 5.38. The fourth-order valence-electron chi connectivity index (χ4n) is 3.15. The van der Waals surface area contributed by atoms with Crippen LogP contribution < -0.4 is 4.74 Å². The zero-order valence-corrected chi connectivity index (χ0v) is 12.0. The van der Waals surface area contributed by atoms with Crippen molar-refractivity contribution in [2.45, 2.75) is 38.3 Å². The number of aromatic nitrogens is 2. The molecule has 4 heteroatoms. The summed E-state index contributed by atoms with van der Waals surface area (Å²) in [4.78, 5) is 0. The summed E-state index contributed by atoms with van der Waals surface area (Å²) in [5.74, 6) is 0.675. The maximum Gasteiger partial charge on any atom is 0.162 e. The van der Waals surface area contributed by atoms with Gasteiger partial charge in [-0.1, -0.05) is 24.3 Å². The molecule has 0 saturated carbocycles. The van der Waals surface area contributed by atoms with E-state index in [4.69, 9.17) is 4.74 Å². The van der Waals surface area contributed by atoms with E-state index in [1.165, 1.54) is 11.1 Å². The van der Waals surface area contributed by atoms with Gasteiger partial charge in [0.2, 0.25) is 0 Å². The molecule has 0 bridgehead atoms. The maximum absolute atomic E-state index is 11.2. The molecule has 2 aromatic rings. The second kappa shape index (κ2) is 4.94. The lowest BCUT2D eigenvalue weighted by Gasteiger charge is -2.34. The second-order valence-electron chi connectivity index (χ2n) is 5.35. The molecule has 0 spiro atoms. The predicted molar refractivity (Wildman–Crippen MR) is 76.8 cm³/mol. The molecule has 20 heavy (non-hydrogen) atoms. The number of fused-ring (bicyclic) bond motifs is 1. The van der Waals surface area contributed by atoms with Crippen molar-refractivity contribution in [1.29, 1.82) is 0 Å². The van der Waals surface area contributed by atoms with E-state index in [0.29, 0.717) is 18.6 Å². The quantitative estimate of drug-likeness (QED) is 0.932. The minimum absolute atomic E-state index is 0.616. The lowest BCUT2D eigenvalue weighted by Crippen LogP contribution is -2.35. The topological polar surface area (TPSA) is 47.3 Å². The highest BCUT2D eigenvalue weighted by Crippen LogP contribution is 2.40. The number of hydrogen-bond donors (Lipinski definition) is 1. The van der Waals surface area contributed by atoms with E-state index in [9.17, 15) is 5.11 Å². The van der Waals surface area contributed by atoms with Gasteiger partial charge >= 0.3 is 0 Å². The number of hydrogen-bond acceptors (Lipinski definition) is 3. The number of ether oxygens (including phenoxy) is 1. The zero-order valence-electron chi connectivity index (χ0n) is 12.0. The third-order valence-electron chi connectivity index (χ3n) is 4.18. The summed E-state index contributed by atoms with van der Waals surface area (Å²) in [6, 6.07) is 8.32. The minimum Gasteiger partial charge on any atom is -0.493 e. The van der Waals surface area contributed by atoms with Gasteiger partial charge in [0.25, 0.3) is 0 Å². The van der Waals surface area contributed by atoms with Crippen molar-refractivity contribution in [3.05, 3.63) is 47.3 Å². The molecule has 1 heterocycles. The summed E-state index contributed by atoms with van der Waals surface area (Å²) in [5.41, 5.74) is 2.45. The van der Waals surface area contributed by atoms with E-state index in [1.54, 1.807) is 13.3 Å². The van der Waals surface area contributed by atoms with E-state index in [-0.39, 0.29) is 0 Å². The van der Waals surface area contributed by atoms with Gasteiger partial charge < -0.3 is 9.84 Å². The molecule has 0 aliphatic heterocycles. The molecule has 1 aliphatic rings. The molecule has 1 atom stereocenters. The lowest BCUT2D eigenvalue weighted by molar-refractivity contribution is 0.0113. The molecule has 0 saturated heterocycles. The second-order valence-corrected chi connectivity index (χ2v) is 5.35. The van der Waals surface area contributed by atoms with Crippen LogP contribution in [0.25, 0.3) is 0 Å². The molecular formula is C16H20N2O2. The zero-order chi connectivity index (χ0) is 14.2. The summed E-state index contributed by atoms with van der Waals surface area (Å²) in [7, 11) is 1.63. The molecule has 106 valence electrons. The Balaban J connectivity index is 2.04. The number of rotatable bonds is 3. The SMILES string of the molecule is CCn1ncc(OC)c1C1(O)CCc2ccccc2C1. The summed E-state index contributed by atoms with van der Waals surface area (Å²) in [5, 5.41) is 15.5. The van der Waals surface area contributed by atoms with Crippen LogP contribution in [0.4, 0.5) is 0 Å². The average Bonchev–Trinajstić information content (AvgIpc) is 2.91. The standard InChI is InChI=1S/C16H20N2O2/c1-3-18-15(14(20-2)11-17-18)16(19)9-8-12-6-4-5-7-13(12)10-16/h4-7,11,19H,3,8-10H2,1-2H3. The summed E-state index contributed by atoms with van der Waals surface area (Å²) in [6.07, 6.45) is 3.89. The molecule has 4 nitrogen and oxygen atoms in total. The van der Waals surface area contributed by atoms with Gasteiger partial charge in [0, 0.05) is 13.0 Å². The maximum atomic E-state index is 11.2. The highest BCUT2D eigenvalue weighted by atomic mass is 16.5. The molecule has 1 aliphatic carbocycles. The fraction of sp³-hybridized carbons (Fsp3) is 0.438. The van der Waals surface area contributed by atoms with Gasteiger partial charge in [-0.15, -0.1) is 0 Å². The largest absolute Gasteiger partial charge is 0.493 e. The number of nitrogens with zero attached hydrogens (tertiary/aromatic N) is 2. The van der Waals surface area contributed by atoms with Crippen LogP contribution >= 0.6 is 0 Å². The number of aryl methyl sites for hydroxylation is 2. The van der Waals surface area contributed by atoms with E-state index < -0.39 is 5.60 Å². The van der Waals surface area contributed by atoms with Crippen molar-refractivity contribution in [2.24, 2.45) is 0 Å². The third kappa shape index (κ3) is 2.00. The van der Waals surface area contributed by atoms with Gasteiger partial charge in [-0.3, -0.25) is 4.68 Å². The van der Waals surface area contributed by atoms with Gasteiger partial charge in [0.15, 0.2) is 5.75 Å². The molecule has 1 unspecified atom stereocenters. The Kier molecular flexibility index (Phi) is 3.26. The Morgan fingerprint density at radius 2 is 2.10 bits per heavy atom. The van der Waals surface area contributed by atoms with E-state index in [2.05, 4.69) is 23.3 Å². The molecule has 0 fully saturated rings. The van der Waals surface area contributed by atoms with Crippen molar-refractivity contribution in [2.75, 3.05) is 7.11 Å². The Hall–Kier alpha value is -1.81. The monoisotopic (exact) mass is 272 g/mol. The van der Waals surface area contributed by atoms with Gasteiger partial charge in [-0.2, -0.15) is 5.10 Å². The molecule has 0 radical (unpaired) electrons. The van der Waals surface area contributed by atoms with E-state index >= 15 is 0 Å². The third-order valence-corrected chi connectivity index (χ3v) is 4.18. The summed E-state index contributed by atoms with van der Waals surface area (Å²) in [6.45, 7) is 2.75. The normalized spacial score (nSPS) is 21.6. The van der Waals surface area contributed by atoms with Crippen LogP contribution in [0.15, 0.2) is 30.5 Å². The van der Waals surface area contributed by atoms with E-state index in [0.717, 1.165) is 18.7 Å². The molecule has 1 aromatic heterocycles. The molecule has 0 amide bonds. The molecule has 3 rings (SSSR count). The van der Waals surface area contributed by atoms with Crippen LogP contribution in [-0.4, -0.2) is 22.0 Å². The number of aliphatic hydroxyl groups is 1. The van der Waals surface area contributed by atoms with E-state index in [1.807, 2.05) is 17.7 Å². The van der Waals surface area contributed by atoms with Crippen molar-refractivity contribution in [1.82, 2.24) is 9.78 Å². The van der Waals surface area contributed by atoms with Crippen LogP contribution in [0.2, 0.25) is 0 Å². The first-order valence-electron chi connectivity index (χ1n) is 7.07. The predicted octanol–water partition coefficient (Wildman–Crippen LogP) is 2.29. The van der Waals surface area contributed by atoms with Gasteiger partial charge in [0.1, 0.15) is 11.3 Å². The highest BCUT2D eigenvalue weighted by Gasteiger charge is 2.39. The molecular weight excluding hydrogens is 252 g/mol. The first kappa shape index (κ1) is 13.2. The van der Waals surface area contributed by atoms with Crippen LogP contribution in [0, 0.1) is 0 Å². The number of methoxy groups -OCH3 is 1. The summed E-state index contributed by atoms with van der Waals surface area (Å²) >= 11 is 0. The van der Waals surface area contributed by atoms with Crippen molar-refractivity contribution in [3.63, 3.8) is 0 Å². The Labute approximate surface area is 119 Å². The van der Waals surface area contributed by atoms with Crippen molar-refractivity contribution >= 4 is 0 Å².